The highest BCUT2D eigenvalue weighted by Gasteiger charge is 2.13. The molecule has 3 N–H and O–H groups in total. The van der Waals surface area contributed by atoms with Crippen LogP contribution in [0, 0.1) is 0 Å². The van der Waals surface area contributed by atoms with Crippen molar-refractivity contribution in [3.63, 3.8) is 0 Å². The number of amides is 1. The lowest BCUT2D eigenvalue weighted by Crippen LogP contribution is -2.35. The van der Waals surface area contributed by atoms with Crippen LogP contribution in [0.25, 0.3) is 11.3 Å². The van der Waals surface area contributed by atoms with Crippen molar-refractivity contribution in [1.29, 1.82) is 0 Å². The molecule has 0 saturated carbocycles. The van der Waals surface area contributed by atoms with Crippen LogP contribution in [0.4, 0.5) is 11.6 Å². The summed E-state index contributed by atoms with van der Waals surface area (Å²) in [7, 11) is 0. The molecular weight excluding hydrogens is 290 g/mol. The molecule has 1 aromatic carbocycles. The minimum absolute atomic E-state index is 0.0757. The largest absolute Gasteiger partial charge is 0.351 e. The van der Waals surface area contributed by atoms with Gasteiger partial charge in [0.05, 0.1) is 5.69 Å². The van der Waals surface area contributed by atoms with Crippen molar-refractivity contribution in [3.05, 3.63) is 36.5 Å². The maximum atomic E-state index is 11.1. The van der Waals surface area contributed by atoms with Crippen molar-refractivity contribution in [1.82, 2.24) is 15.3 Å². The van der Waals surface area contributed by atoms with Crippen molar-refractivity contribution in [2.24, 2.45) is 0 Å². The molecule has 1 fully saturated rings. The number of piperidine rings is 1. The maximum Gasteiger partial charge on any atom is 0.223 e. The fraction of sp³-hybridized carbons (Fsp3) is 0.353. The lowest BCUT2D eigenvalue weighted by molar-refractivity contribution is -0.114. The molecule has 1 aromatic heterocycles. The molecule has 1 amide bonds. The molecule has 0 bridgehead atoms. The smallest absolute Gasteiger partial charge is 0.223 e. The lowest BCUT2D eigenvalue weighted by Gasteiger charge is -2.23. The average molecular weight is 311 g/mol. The Hall–Kier alpha value is -2.47. The fourth-order valence-electron chi connectivity index (χ4n) is 2.67. The van der Waals surface area contributed by atoms with E-state index in [1.54, 1.807) is 6.20 Å². The third-order valence-corrected chi connectivity index (χ3v) is 3.83. The Bertz CT molecular complexity index is 665. The van der Waals surface area contributed by atoms with Gasteiger partial charge in [-0.3, -0.25) is 4.79 Å². The first-order valence-corrected chi connectivity index (χ1v) is 7.89. The highest BCUT2D eigenvalue weighted by atomic mass is 16.1. The molecule has 3 rings (SSSR count). The topological polar surface area (TPSA) is 78.9 Å². The maximum absolute atomic E-state index is 11.1. The van der Waals surface area contributed by atoms with E-state index in [0.717, 1.165) is 42.9 Å². The highest BCUT2D eigenvalue weighted by Crippen LogP contribution is 2.20. The van der Waals surface area contributed by atoms with Gasteiger partial charge in [0.2, 0.25) is 11.9 Å². The van der Waals surface area contributed by atoms with Gasteiger partial charge in [-0.05, 0) is 44.1 Å². The number of carbonyl (C=O) groups is 1. The monoisotopic (exact) mass is 311 g/mol. The van der Waals surface area contributed by atoms with E-state index in [1.165, 1.54) is 6.92 Å². The fourth-order valence-corrected chi connectivity index (χ4v) is 2.67. The van der Waals surface area contributed by atoms with Crippen molar-refractivity contribution < 1.29 is 4.79 Å². The zero-order valence-corrected chi connectivity index (χ0v) is 13.2. The van der Waals surface area contributed by atoms with Gasteiger partial charge in [-0.1, -0.05) is 12.1 Å². The summed E-state index contributed by atoms with van der Waals surface area (Å²) in [5.74, 6) is 0.591. The van der Waals surface area contributed by atoms with Crippen LogP contribution in [0.5, 0.6) is 0 Å². The number of anilines is 2. The van der Waals surface area contributed by atoms with Crippen LogP contribution >= 0.6 is 0 Å². The van der Waals surface area contributed by atoms with Crippen molar-refractivity contribution in [2.75, 3.05) is 23.7 Å². The zero-order chi connectivity index (χ0) is 16.1. The number of aromatic nitrogens is 2. The number of hydrogen-bond acceptors (Lipinski definition) is 5. The molecule has 0 atom stereocenters. The molecule has 2 heterocycles. The Labute approximate surface area is 135 Å². The summed E-state index contributed by atoms with van der Waals surface area (Å²) in [6.07, 6.45) is 3.94. The zero-order valence-electron chi connectivity index (χ0n) is 13.2. The number of hydrogen-bond donors (Lipinski definition) is 3. The van der Waals surface area contributed by atoms with E-state index < -0.39 is 0 Å². The van der Waals surface area contributed by atoms with Crippen LogP contribution in [0.3, 0.4) is 0 Å². The SMILES string of the molecule is CC(=O)Nc1ccc(-c2ccnc(NC3CCNCC3)n2)cc1. The highest BCUT2D eigenvalue weighted by molar-refractivity contribution is 5.88. The van der Waals surface area contributed by atoms with Gasteiger partial charge < -0.3 is 16.0 Å². The van der Waals surface area contributed by atoms with Gasteiger partial charge in [0, 0.05) is 30.4 Å². The van der Waals surface area contributed by atoms with Gasteiger partial charge in [0.15, 0.2) is 0 Å². The van der Waals surface area contributed by atoms with E-state index in [-0.39, 0.29) is 5.91 Å². The van der Waals surface area contributed by atoms with Crippen molar-refractivity contribution in [3.8, 4) is 11.3 Å². The quantitative estimate of drug-likeness (QED) is 0.807. The minimum Gasteiger partial charge on any atom is -0.351 e. The van der Waals surface area contributed by atoms with Gasteiger partial charge in [-0.15, -0.1) is 0 Å². The van der Waals surface area contributed by atoms with Crippen molar-refractivity contribution >= 4 is 17.5 Å². The first kappa shape index (κ1) is 15.4. The second kappa shape index (κ2) is 7.19. The third kappa shape index (κ3) is 4.26. The molecule has 6 heteroatoms. The van der Waals surface area contributed by atoms with Gasteiger partial charge >= 0.3 is 0 Å². The predicted octanol–water partition coefficient (Wildman–Crippen LogP) is 2.27. The predicted molar refractivity (Wildman–Crippen MR) is 91.3 cm³/mol. The number of rotatable bonds is 4. The second-order valence-corrected chi connectivity index (χ2v) is 5.69. The standard InChI is InChI=1S/C17H21N5O/c1-12(23)20-14-4-2-13(3-5-14)16-8-11-19-17(22-16)21-15-6-9-18-10-7-15/h2-5,8,11,15,18H,6-7,9-10H2,1H3,(H,20,23)(H,19,21,22). The molecule has 1 aliphatic rings. The van der Waals surface area contributed by atoms with E-state index >= 15 is 0 Å². The van der Waals surface area contributed by atoms with Crippen LogP contribution in [-0.4, -0.2) is 35.0 Å². The van der Waals surface area contributed by atoms with E-state index in [2.05, 4.69) is 25.9 Å². The summed E-state index contributed by atoms with van der Waals surface area (Å²) in [5.41, 5.74) is 2.64. The Morgan fingerprint density at radius 3 is 2.61 bits per heavy atom. The average Bonchev–Trinajstić information content (AvgIpc) is 2.56. The molecule has 120 valence electrons. The van der Waals surface area contributed by atoms with Crippen molar-refractivity contribution in [2.45, 2.75) is 25.8 Å². The summed E-state index contributed by atoms with van der Waals surface area (Å²) in [6.45, 7) is 3.56. The van der Waals surface area contributed by atoms with Crippen LogP contribution < -0.4 is 16.0 Å². The summed E-state index contributed by atoms with van der Waals surface area (Å²) in [5, 5.41) is 9.51. The summed E-state index contributed by atoms with van der Waals surface area (Å²) >= 11 is 0. The Morgan fingerprint density at radius 1 is 1.17 bits per heavy atom. The molecule has 23 heavy (non-hydrogen) atoms. The Morgan fingerprint density at radius 2 is 1.91 bits per heavy atom. The van der Waals surface area contributed by atoms with Crippen LogP contribution in [0.2, 0.25) is 0 Å². The number of benzene rings is 1. The minimum atomic E-state index is -0.0757. The molecule has 1 saturated heterocycles. The van der Waals surface area contributed by atoms with E-state index in [0.29, 0.717) is 12.0 Å². The molecule has 0 aliphatic carbocycles. The Balaban J connectivity index is 1.72. The molecule has 2 aromatic rings. The normalized spacial score (nSPS) is 15.2. The van der Waals surface area contributed by atoms with Crippen LogP contribution in [0.1, 0.15) is 19.8 Å². The molecule has 1 aliphatic heterocycles. The molecule has 6 nitrogen and oxygen atoms in total. The van der Waals surface area contributed by atoms with E-state index in [4.69, 9.17) is 0 Å². The number of nitrogens with one attached hydrogen (secondary N) is 3. The summed E-state index contributed by atoms with van der Waals surface area (Å²) < 4.78 is 0. The number of carbonyl (C=O) groups excluding carboxylic acids is 1. The van der Waals surface area contributed by atoms with Gasteiger partial charge in [-0.2, -0.15) is 0 Å². The molecular formula is C17H21N5O. The van der Waals surface area contributed by atoms with E-state index in [1.807, 2.05) is 30.3 Å². The lowest BCUT2D eigenvalue weighted by atomic mass is 10.1. The van der Waals surface area contributed by atoms with Gasteiger partial charge in [0.25, 0.3) is 0 Å². The van der Waals surface area contributed by atoms with Gasteiger partial charge in [0.1, 0.15) is 0 Å². The molecule has 0 unspecified atom stereocenters. The third-order valence-electron chi connectivity index (χ3n) is 3.83. The van der Waals surface area contributed by atoms with Crippen LogP contribution in [0.15, 0.2) is 36.5 Å². The Kier molecular flexibility index (Phi) is 4.83. The second-order valence-electron chi connectivity index (χ2n) is 5.69. The summed E-state index contributed by atoms with van der Waals surface area (Å²) in [4.78, 5) is 20.0. The first-order chi connectivity index (χ1) is 11.2. The summed E-state index contributed by atoms with van der Waals surface area (Å²) in [6, 6.07) is 9.95. The van der Waals surface area contributed by atoms with Crippen LogP contribution in [-0.2, 0) is 4.79 Å². The van der Waals surface area contributed by atoms with Gasteiger partial charge in [-0.25, -0.2) is 9.97 Å². The molecule has 0 radical (unpaired) electrons. The number of nitrogens with zero attached hydrogens (tertiary/aromatic N) is 2. The molecule has 0 spiro atoms. The van der Waals surface area contributed by atoms with E-state index in [9.17, 15) is 4.79 Å². The first-order valence-electron chi connectivity index (χ1n) is 7.89.